The third-order valence-electron chi connectivity index (χ3n) is 0.941. The van der Waals surface area contributed by atoms with E-state index in [9.17, 15) is 0 Å². The van der Waals surface area contributed by atoms with E-state index in [0.717, 1.165) is 13.2 Å². The Morgan fingerprint density at radius 2 is 2.33 bits per heavy atom. The minimum atomic E-state index is 0.394. The Kier molecular flexibility index (Phi) is 1.08. The summed E-state index contributed by atoms with van der Waals surface area (Å²) in [6, 6.07) is 0. The van der Waals surface area contributed by atoms with E-state index in [1.807, 2.05) is 0 Å². The summed E-state index contributed by atoms with van der Waals surface area (Å²) in [5.41, 5.74) is 0. The van der Waals surface area contributed by atoms with Crippen molar-refractivity contribution in [3.63, 3.8) is 0 Å². The summed E-state index contributed by atoms with van der Waals surface area (Å²) in [7, 11) is 1.70. The zero-order valence-corrected chi connectivity index (χ0v) is 3.81. The van der Waals surface area contributed by atoms with Crippen LogP contribution >= 0.6 is 0 Å². The van der Waals surface area contributed by atoms with Crippen molar-refractivity contribution in [3.8, 4) is 0 Å². The van der Waals surface area contributed by atoms with Gasteiger partial charge in [-0.15, -0.1) is 0 Å². The van der Waals surface area contributed by atoms with Crippen LogP contribution in [0.25, 0.3) is 0 Å². The molecule has 1 saturated heterocycles. The van der Waals surface area contributed by atoms with Crippen molar-refractivity contribution in [1.29, 1.82) is 0 Å². The minimum Gasteiger partial charge on any atom is -0.377 e. The molecule has 0 amide bonds. The first-order valence-electron chi connectivity index (χ1n) is 2.04. The Hall–Kier alpha value is -0.0800. The topological polar surface area (TPSA) is 18.5 Å². The molecular formula is C4H8O2. The first-order valence-corrected chi connectivity index (χ1v) is 2.04. The van der Waals surface area contributed by atoms with Gasteiger partial charge < -0.3 is 9.47 Å². The lowest BCUT2D eigenvalue weighted by atomic mass is 10.3. The summed E-state index contributed by atoms with van der Waals surface area (Å²) in [6.45, 7) is 1.58. The molecule has 1 heterocycles. The van der Waals surface area contributed by atoms with Gasteiger partial charge in [-0.3, -0.25) is 0 Å². The Morgan fingerprint density at radius 1 is 1.67 bits per heavy atom. The average Bonchev–Trinajstić information content (AvgIpc) is 1.31. The highest BCUT2D eigenvalue weighted by Crippen LogP contribution is 2.01. The van der Waals surface area contributed by atoms with Gasteiger partial charge in [0, 0.05) is 7.11 Å². The van der Waals surface area contributed by atoms with Crippen LogP contribution in [0.2, 0.25) is 0 Å². The fourth-order valence-corrected chi connectivity index (χ4v) is 0.350. The first kappa shape index (κ1) is 4.09. The van der Waals surface area contributed by atoms with Gasteiger partial charge in [0.15, 0.2) is 0 Å². The van der Waals surface area contributed by atoms with Gasteiger partial charge in [0.2, 0.25) is 0 Å². The molecule has 0 atom stereocenters. The average molecular weight is 88.1 g/mol. The molecule has 0 aliphatic carbocycles. The summed E-state index contributed by atoms with van der Waals surface area (Å²) < 4.78 is 9.66. The summed E-state index contributed by atoms with van der Waals surface area (Å²) in [4.78, 5) is 0. The van der Waals surface area contributed by atoms with Gasteiger partial charge in [-0.25, -0.2) is 0 Å². The van der Waals surface area contributed by atoms with Crippen LogP contribution in [0.3, 0.4) is 0 Å². The molecule has 1 rings (SSSR count). The van der Waals surface area contributed by atoms with Gasteiger partial charge in [-0.05, 0) is 0 Å². The van der Waals surface area contributed by atoms with Crippen molar-refractivity contribution in [3.05, 3.63) is 0 Å². The van der Waals surface area contributed by atoms with E-state index < -0.39 is 0 Å². The molecule has 0 bridgehead atoms. The lowest BCUT2D eigenvalue weighted by molar-refractivity contribution is -0.113. The fraction of sp³-hybridized carbons (Fsp3) is 1.00. The highest BCUT2D eigenvalue weighted by Gasteiger charge is 2.15. The van der Waals surface area contributed by atoms with E-state index in [2.05, 4.69) is 0 Å². The van der Waals surface area contributed by atoms with E-state index in [-0.39, 0.29) is 0 Å². The van der Waals surface area contributed by atoms with Crippen LogP contribution in [0.5, 0.6) is 0 Å². The van der Waals surface area contributed by atoms with Crippen molar-refractivity contribution in [2.75, 3.05) is 20.3 Å². The molecule has 36 valence electrons. The maximum absolute atomic E-state index is 4.86. The third-order valence-corrected chi connectivity index (χ3v) is 0.941. The lowest BCUT2D eigenvalue weighted by Crippen LogP contribution is -2.34. The summed E-state index contributed by atoms with van der Waals surface area (Å²) in [6.07, 6.45) is 0.394. The molecule has 0 saturated carbocycles. The van der Waals surface area contributed by atoms with E-state index in [1.54, 1.807) is 7.11 Å². The summed E-state index contributed by atoms with van der Waals surface area (Å²) in [5, 5.41) is 0. The largest absolute Gasteiger partial charge is 0.377 e. The number of hydrogen-bond donors (Lipinski definition) is 0. The normalized spacial score (nSPS) is 23.5. The predicted octanol–water partition coefficient (Wildman–Crippen LogP) is 0.0316. The Bertz CT molecular complexity index is 38.1. The molecule has 0 unspecified atom stereocenters. The molecule has 0 aromatic heterocycles. The summed E-state index contributed by atoms with van der Waals surface area (Å²) >= 11 is 0. The lowest BCUT2D eigenvalue weighted by Gasteiger charge is -2.23. The van der Waals surface area contributed by atoms with Crippen LogP contribution in [0.15, 0.2) is 0 Å². The highest BCUT2D eigenvalue weighted by molar-refractivity contribution is 4.61. The van der Waals surface area contributed by atoms with Crippen molar-refractivity contribution < 1.29 is 9.47 Å². The van der Waals surface area contributed by atoms with Crippen molar-refractivity contribution >= 4 is 0 Å². The molecule has 2 heteroatoms. The van der Waals surface area contributed by atoms with Crippen molar-refractivity contribution in [1.82, 2.24) is 0 Å². The van der Waals surface area contributed by atoms with Crippen molar-refractivity contribution in [2.24, 2.45) is 0 Å². The second-order valence-corrected chi connectivity index (χ2v) is 1.40. The van der Waals surface area contributed by atoms with Crippen molar-refractivity contribution in [2.45, 2.75) is 6.10 Å². The Morgan fingerprint density at radius 3 is 2.33 bits per heavy atom. The minimum absolute atomic E-state index is 0.394. The smallest absolute Gasteiger partial charge is 0.104 e. The van der Waals surface area contributed by atoms with E-state index in [0.29, 0.717) is 6.10 Å². The molecule has 0 aromatic carbocycles. The third kappa shape index (κ3) is 0.533. The van der Waals surface area contributed by atoms with Gasteiger partial charge in [0.25, 0.3) is 0 Å². The van der Waals surface area contributed by atoms with Crippen LogP contribution in [0.1, 0.15) is 0 Å². The molecule has 1 aliphatic heterocycles. The second kappa shape index (κ2) is 1.58. The summed E-state index contributed by atoms with van der Waals surface area (Å²) in [5.74, 6) is 0. The maximum atomic E-state index is 4.86. The van der Waals surface area contributed by atoms with Crippen LogP contribution in [0, 0.1) is 0 Å². The Labute approximate surface area is 37.1 Å². The van der Waals surface area contributed by atoms with E-state index in [4.69, 9.17) is 9.47 Å². The zero-order chi connectivity index (χ0) is 4.41. The molecule has 0 aromatic rings. The fourth-order valence-electron chi connectivity index (χ4n) is 0.350. The molecule has 1 fully saturated rings. The Balaban J connectivity index is 2.01. The number of ether oxygens (including phenoxy) is 2. The van der Waals surface area contributed by atoms with E-state index in [1.165, 1.54) is 0 Å². The van der Waals surface area contributed by atoms with Gasteiger partial charge in [0.05, 0.1) is 13.2 Å². The molecular weight excluding hydrogens is 80.0 g/mol. The van der Waals surface area contributed by atoms with Gasteiger partial charge in [0.1, 0.15) is 6.10 Å². The molecule has 0 radical (unpaired) electrons. The highest BCUT2D eigenvalue weighted by atomic mass is 16.6. The van der Waals surface area contributed by atoms with Crippen LogP contribution in [0.4, 0.5) is 0 Å². The van der Waals surface area contributed by atoms with E-state index >= 15 is 0 Å². The van der Waals surface area contributed by atoms with Crippen LogP contribution in [-0.2, 0) is 9.47 Å². The maximum Gasteiger partial charge on any atom is 0.104 e. The van der Waals surface area contributed by atoms with Crippen LogP contribution < -0.4 is 0 Å². The predicted molar refractivity (Wildman–Crippen MR) is 21.6 cm³/mol. The SMILES string of the molecule is COC1COC1. The monoisotopic (exact) mass is 88.1 g/mol. The van der Waals surface area contributed by atoms with Gasteiger partial charge in [-0.1, -0.05) is 0 Å². The van der Waals surface area contributed by atoms with Gasteiger partial charge in [-0.2, -0.15) is 0 Å². The van der Waals surface area contributed by atoms with Gasteiger partial charge >= 0.3 is 0 Å². The number of hydrogen-bond acceptors (Lipinski definition) is 2. The molecule has 0 spiro atoms. The first-order chi connectivity index (χ1) is 2.93. The standard InChI is InChI=1S/C4H8O2/c1-5-4-2-6-3-4/h4H,2-3H2,1H3. The number of methoxy groups -OCH3 is 1. The molecule has 6 heavy (non-hydrogen) atoms. The molecule has 0 N–H and O–H groups in total. The second-order valence-electron chi connectivity index (χ2n) is 1.40. The molecule has 1 aliphatic rings. The van der Waals surface area contributed by atoms with Crippen LogP contribution in [-0.4, -0.2) is 26.4 Å². The quantitative estimate of drug-likeness (QED) is 0.450. The zero-order valence-electron chi connectivity index (χ0n) is 3.81. The molecule has 2 nitrogen and oxygen atoms in total. The number of rotatable bonds is 1.